The SMILES string of the molecule is CCCOC(=O)c1c(NC(=O)c2cc([N+](=O)[O-])cc([N+](=O)[O-])c2)sc2c1CCCC2. The number of amides is 1. The molecule has 1 aromatic heterocycles. The Balaban J connectivity index is 1.97. The van der Waals surface area contributed by atoms with Crippen LogP contribution in [0.1, 0.15) is 57.3 Å². The molecule has 1 amide bonds. The monoisotopic (exact) mass is 433 g/mol. The van der Waals surface area contributed by atoms with E-state index in [9.17, 15) is 29.8 Å². The summed E-state index contributed by atoms with van der Waals surface area (Å²) in [4.78, 5) is 46.9. The molecule has 1 aliphatic rings. The Morgan fingerprint density at radius 3 is 2.33 bits per heavy atom. The first-order valence-corrected chi connectivity index (χ1v) is 10.2. The fourth-order valence-electron chi connectivity index (χ4n) is 3.25. The van der Waals surface area contributed by atoms with Gasteiger partial charge < -0.3 is 10.1 Å². The minimum atomic E-state index is -0.804. The number of rotatable bonds is 7. The van der Waals surface area contributed by atoms with Crippen LogP contribution in [0.25, 0.3) is 0 Å². The number of hydrogen-bond donors (Lipinski definition) is 1. The largest absolute Gasteiger partial charge is 0.462 e. The van der Waals surface area contributed by atoms with E-state index in [-0.39, 0.29) is 12.2 Å². The molecule has 0 fully saturated rings. The number of nitrogens with zero attached hydrogens (tertiary/aromatic N) is 2. The number of nitrogens with one attached hydrogen (secondary N) is 1. The van der Waals surface area contributed by atoms with E-state index in [0.717, 1.165) is 47.9 Å². The van der Waals surface area contributed by atoms with Gasteiger partial charge in [-0.25, -0.2) is 4.79 Å². The van der Waals surface area contributed by atoms with Gasteiger partial charge in [-0.15, -0.1) is 11.3 Å². The average Bonchev–Trinajstić information content (AvgIpc) is 3.09. The van der Waals surface area contributed by atoms with Crippen LogP contribution in [0.15, 0.2) is 18.2 Å². The highest BCUT2D eigenvalue weighted by molar-refractivity contribution is 7.17. The molecule has 30 heavy (non-hydrogen) atoms. The van der Waals surface area contributed by atoms with Gasteiger partial charge >= 0.3 is 5.97 Å². The second kappa shape index (κ2) is 8.99. The Hall–Kier alpha value is -3.34. The molecule has 11 heteroatoms. The van der Waals surface area contributed by atoms with Gasteiger partial charge in [0.15, 0.2) is 0 Å². The number of nitro groups is 2. The number of aryl methyl sites for hydroxylation is 1. The maximum Gasteiger partial charge on any atom is 0.341 e. The molecule has 0 saturated heterocycles. The van der Waals surface area contributed by atoms with Crippen molar-refractivity contribution in [2.75, 3.05) is 11.9 Å². The van der Waals surface area contributed by atoms with Crippen molar-refractivity contribution < 1.29 is 24.2 Å². The third kappa shape index (κ3) is 4.46. The number of carbonyl (C=O) groups excluding carboxylic acids is 2. The number of fused-ring (bicyclic) bond motifs is 1. The molecule has 2 aromatic rings. The van der Waals surface area contributed by atoms with Gasteiger partial charge in [-0.1, -0.05) is 6.92 Å². The smallest absolute Gasteiger partial charge is 0.341 e. The summed E-state index contributed by atoms with van der Waals surface area (Å²) < 4.78 is 5.27. The summed E-state index contributed by atoms with van der Waals surface area (Å²) in [6, 6.07) is 2.71. The fraction of sp³-hybridized carbons (Fsp3) is 0.368. The van der Waals surface area contributed by atoms with Crippen LogP contribution in [-0.2, 0) is 17.6 Å². The summed E-state index contributed by atoms with van der Waals surface area (Å²) in [6.45, 7) is 2.11. The van der Waals surface area contributed by atoms with E-state index in [1.807, 2.05) is 6.92 Å². The normalized spacial score (nSPS) is 12.7. The minimum absolute atomic E-state index is 0.241. The Morgan fingerprint density at radius 2 is 1.73 bits per heavy atom. The van der Waals surface area contributed by atoms with Gasteiger partial charge in [0.2, 0.25) is 0 Å². The zero-order valence-electron chi connectivity index (χ0n) is 16.1. The Bertz CT molecular complexity index is 999. The number of anilines is 1. The van der Waals surface area contributed by atoms with E-state index in [1.54, 1.807) is 0 Å². The van der Waals surface area contributed by atoms with Crippen molar-refractivity contribution in [2.45, 2.75) is 39.0 Å². The van der Waals surface area contributed by atoms with Crippen LogP contribution in [0.5, 0.6) is 0 Å². The summed E-state index contributed by atoms with van der Waals surface area (Å²) in [7, 11) is 0. The van der Waals surface area contributed by atoms with Crippen molar-refractivity contribution in [1.29, 1.82) is 0 Å². The molecule has 1 aliphatic carbocycles. The highest BCUT2D eigenvalue weighted by Gasteiger charge is 2.28. The lowest BCUT2D eigenvalue weighted by molar-refractivity contribution is -0.394. The molecule has 158 valence electrons. The van der Waals surface area contributed by atoms with Crippen molar-refractivity contribution >= 4 is 39.6 Å². The van der Waals surface area contributed by atoms with E-state index >= 15 is 0 Å². The van der Waals surface area contributed by atoms with Gasteiger partial charge in [0.25, 0.3) is 17.3 Å². The second-order valence-electron chi connectivity index (χ2n) is 6.76. The third-order valence-corrected chi connectivity index (χ3v) is 5.83. The average molecular weight is 433 g/mol. The topological polar surface area (TPSA) is 142 Å². The maximum atomic E-state index is 12.8. The molecule has 1 N–H and O–H groups in total. The van der Waals surface area contributed by atoms with Crippen LogP contribution in [0.2, 0.25) is 0 Å². The van der Waals surface area contributed by atoms with Crippen LogP contribution in [-0.4, -0.2) is 28.3 Å². The predicted octanol–water partition coefficient (Wildman–Crippen LogP) is 4.26. The standard InChI is InChI=1S/C19H19N3O7S/c1-2-7-29-19(24)16-14-5-3-4-6-15(14)30-18(16)20-17(23)11-8-12(21(25)26)10-13(9-11)22(27)28/h8-10H,2-7H2,1H3,(H,20,23). The molecule has 0 spiro atoms. The first-order chi connectivity index (χ1) is 14.3. The van der Waals surface area contributed by atoms with Gasteiger partial charge in [0, 0.05) is 17.0 Å². The summed E-state index contributed by atoms with van der Waals surface area (Å²) in [6.07, 6.45) is 4.02. The first-order valence-electron chi connectivity index (χ1n) is 9.38. The number of thiophene rings is 1. The Kier molecular flexibility index (Phi) is 6.40. The predicted molar refractivity (Wildman–Crippen MR) is 109 cm³/mol. The highest BCUT2D eigenvalue weighted by atomic mass is 32.1. The summed E-state index contributed by atoms with van der Waals surface area (Å²) in [5.41, 5.74) is -0.218. The molecule has 0 atom stereocenters. The van der Waals surface area contributed by atoms with E-state index in [4.69, 9.17) is 4.74 Å². The van der Waals surface area contributed by atoms with Gasteiger partial charge in [-0.05, 0) is 37.7 Å². The first kappa shape index (κ1) is 21.4. The van der Waals surface area contributed by atoms with Gasteiger partial charge in [-0.2, -0.15) is 0 Å². The Labute approximate surface area is 175 Å². The van der Waals surface area contributed by atoms with Crippen LogP contribution in [0.4, 0.5) is 16.4 Å². The fourth-order valence-corrected chi connectivity index (χ4v) is 4.52. The number of nitro benzene ring substituents is 2. The molecule has 1 aromatic carbocycles. The van der Waals surface area contributed by atoms with Crippen LogP contribution < -0.4 is 5.32 Å². The third-order valence-electron chi connectivity index (χ3n) is 4.63. The lowest BCUT2D eigenvalue weighted by Crippen LogP contribution is -2.16. The van der Waals surface area contributed by atoms with Gasteiger partial charge in [0.05, 0.1) is 33.6 Å². The summed E-state index contributed by atoms with van der Waals surface area (Å²) >= 11 is 1.27. The molecular formula is C19H19N3O7S. The van der Waals surface area contributed by atoms with Crippen LogP contribution in [0.3, 0.4) is 0 Å². The zero-order chi connectivity index (χ0) is 21.8. The van der Waals surface area contributed by atoms with Crippen molar-refractivity contribution in [3.05, 3.63) is 60.0 Å². The van der Waals surface area contributed by atoms with E-state index in [2.05, 4.69) is 5.32 Å². The zero-order valence-corrected chi connectivity index (χ0v) is 17.0. The molecule has 3 rings (SSSR count). The number of non-ortho nitro benzene ring substituents is 2. The molecule has 0 aliphatic heterocycles. The molecular weight excluding hydrogens is 414 g/mol. The molecule has 10 nitrogen and oxygen atoms in total. The van der Waals surface area contributed by atoms with Gasteiger partial charge in [0.1, 0.15) is 5.00 Å². The molecule has 0 saturated carbocycles. The number of esters is 1. The van der Waals surface area contributed by atoms with Crippen molar-refractivity contribution in [1.82, 2.24) is 0 Å². The summed E-state index contributed by atoms with van der Waals surface area (Å²) in [5.74, 6) is -1.30. The molecule has 0 unspecified atom stereocenters. The molecule has 1 heterocycles. The van der Waals surface area contributed by atoms with Crippen molar-refractivity contribution in [2.24, 2.45) is 0 Å². The van der Waals surface area contributed by atoms with Crippen molar-refractivity contribution in [3.63, 3.8) is 0 Å². The number of benzene rings is 1. The Morgan fingerprint density at radius 1 is 1.10 bits per heavy atom. The van der Waals surface area contributed by atoms with E-state index in [0.29, 0.717) is 23.4 Å². The van der Waals surface area contributed by atoms with E-state index in [1.165, 1.54) is 11.3 Å². The molecule has 0 bridgehead atoms. The number of carbonyl (C=O) groups is 2. The maximum absolute atomic E-state index is 12.8. The molecule has 0 radical (unpaired) electrons. The number of ether oxygens (including phenoxy) is 1. The van der Waals surface area contributed by atoms with Crippen LogP contribution >= 0.6 is 11.3 Å². The highest BCUT2D eigenvalue weighted by Crippen LogP contribution is 2.39. The number of hydrogen-bond acceptors (Lipinski definition) is 8. The lowest BCUT2D eigenvalue weighted by Gasteiger charge is -2.12. The summed E-state index contributed by atoms with van der Waals surface area (Å²) in [5, 5.41) is 25.1. The quantitative estimate of drug-likeness (QED) is 0.390. The van der Waals surface area contributed by atoms with Crippen LogP contribution in [0, 0.1) is 20.2 Å². The van der Waals surface area contributed by atoms with E-state index < -0.39 is 33.1 Å². The van der Waals surface area contributed by atoms with Crippen molar-refractivity contribution in [3.8, 4) is 0 Å². The second-order valence-corrected chi connectivity index (χ2v) is 7.86. The minimum Gasteiger partial charge on any atom is -0.462 e. The van der Waals surface area contributed by atoms with Gasteiger partial charge in [-0.3, -0.25) is 25.0 Å². The lowest BCUT2D eigenvalue weighted by atomic mass is 9.95.